The summed E-state index contributed by atoms with van der Waals surface area (Å²) in [5.74, 6) is 0. The smallest absolute Gasteiger partial charge is 0.113 e. The Morgan fingerprint density at radius 2 is 2.00 bits per heavy atom. The van der Waals surface area contributed by atoms with E-state index in [4.69, 9.17) is 0 Å². The molecule has 0 aliphatic heterocycles. The van der Waals surface area contributed by atoms with Crippen molar-refractivity contribution in [3.8, 4) is 0 Å². The minimum atomic E-state index is 0.935. The first-order valence-electron chi connectivity index (χ1n) is 2.98. The lowest BCUT2D eigenvalue weighted by Gasteiger charge is -1.98. The van der Waals surface area contributed by atoms with Gasteiger partial charge < -0.3 is 4.90 Å². The third kappa shape index (κ3) is 7.14. The van der Waals surface area contributed by atoms with Gasteiger partial charge in [0.1, 0.15) is 6.34 Å². The van der Waals surface area contributed by atoms with Gasteiger partial charge in [0, 0.05) is 20.3 Å². The Bertz CT molecular complexity index is 105. The summed E-state index contributed by atoms with van der Waals surface area (Å²) in [5, 5.41) is 7.46. The molecule has 0 aromatic carbocycles. The van der Waals surface area contributed by atoms with Crippen molar-refractivity contribution in [3.05, 3.63) is 0 Å². The van der Waals surface area contributed by atoms with Crippen LogP contribution in [0.25, 0.3) is 0 Å². The second-order valence-electron chi connectivity index (χ2n) is 1.90. The van der Waals surface area contributed by atoms with Gasteiger partial charge in [-0.25, -0.2) is 0 Å². The van der Waals surface area contributed by atoms with Crippen LogP contribution in [0.3, 0.4) is 0 Å². The molecule has 0 aromatic rings. The number of nitrogens with zero attached hydrogens (tertiary/aromatic N) is 3. The first-order chi connectivity index (χ1) is 4.27. The van der Waals surface area contributed by atoms with Crippen LogP contribution in [0, 0.1) is 0 Å². The van der Waals surface area contributed by atoms with Crippen LogP contribution in [0.5, 0.6) is 0 Å². The largest absolute Gasteiger partial charge is 0.367 e. The highest BCUT2D eigenvalue weighted by atomic mass is 15.3. The van der Waals surface area contributed by atoms with Crippen molar-refractivity contribution in [2.45, 2.75) is 13.3 Å². The van der Waals surface area contributed by atoms with E-state index in [0.29, 0.717) is 0 Å². The highest BCUT2D eigenvalue weighted by Crippen LogP contribution is 1.72. The third-order valence-corrected chi connectivity index (χ3v) is 0.613. The van der Waals surface area contributed by atoms with E-state index in [-0.39, 0.29) is 0 Å². The Kier molecular flexibility index (Phi) is 4.78. The fourth-order valence-electron chi connectivity index (χ4n) is 0.262. The van der Waals surface area contributed by atoms with Gasteiger partial charge in [0.2, 0.25) is 0 Å². The van der Waals surface area contributed by atoms with Crippen LogP contribution in [0.1, 0.15) is 13.3 Å². The van der Waals surface area contributed by atoms with E-state index >= 15 is 0 Å². The van der Waals surface area contributed by atoms with Crippen molar-refractivity contribution in [3.63, 3.8) is 0 Å². The summed E-state index contributed by atoms with van der Waals surface area (Å²) in [7, 11) is 3.82. The van der Waals surface area contributed by atoms with Gasteiger partial charge in [0.25, 0.3) is 0 Å². The zero-order valence-electron chi connectivity index (χ0n) is 6.20. The van der Waals surface area contributed by atoms with E-state index in [2.05, 4.69) is 10.2 Å². The van der Waals surface area contributed by atoms with Crippen LogP contribution in [0.4, 0.5) is 0 Å². The molecular formula is C6H13N3. The van der Waals surface area contributed by atoms with Crippen LogP contribution in [-0.4, -0.2) is 31.5 Å². The number of hydrogen-bond acceptors (Lipinski definition) is 2. The normalized spacial score (nSPS) is 11.4. The van der Waals surface area contributed by atoms with Crippen molar-refractivity contribution in [1.29, 1.82) is 0 Å². The molecule has 0 bridgehead atoms. The molecule has 0 aromatic heterocycles. The lowest BCUT2D eigenvalue weighted by molar-refractivity contribution is 0.640. The van der Waals surface area contributed by atoms with Crippen LogP contribution >= 0.6 is 0 Å². The average molecular weight is 127 g/mol. The topological polar surface area (TPSA) is 28.0 Å². The zero-order chi connectivity index (χ0) is 7.11. The van der Waals surface area contributed by atoms with E-state index in [1.807, 2.05) is 25.9 Å². The maximum Gasteiger partial charge on any atom is 0.113 e. The third-order valence-electron chi connectivity index (χ3n) is 0.613. The van der Waals surface area contributed by atoms with E-state index < -0.39 is 0 Å². The Balaban J connectivity index is 3.35. The van der Waals surface area contributed by atoms with Crippen molar-refractivity contribution in [2.75, 3.05) is 14.1 Å². The molecule has 0 rings (SSSR count). The molecule has 3 heteroatoms. The molecule has 52 valence electrons. The summed E-state index contributed by atoms with van der Waals surface area (Å²) >= 11 is 0. The predicted molar refractivity (Wildman–Crippen MR) is 41.0 cm³/mol. The summed E-state index contributed by atoms with van der Waals surface area (Å²) in [5.41, 5.74) is 0. The van der Waals surface area contributed by atoms with Gasteiger partial charge in [-0.3, -0.25) is 0 Å². The monoisotopic (exact) mass is 127 g/mol. The molecule has 0 spiro atoms. The molecule has 0 fully saturated rings. The predicted octanol–water partition coefficient (Wildman–Crippen LogP) is 0.972. The Morgan fingerprint density at radius 3 is 2.44 bits per heavy atom. The molecule has 3 nitrogen and oxygen atoms in total. The van der Waals surface area contributed by atoms with Crippen molar-refractivity contribution in [2.24, 2.45) is 10.2 Å². The standard InChI is InChI=1S/C6H13N3/c1-4-5-7-8-6-9(2)3/h5-6H,4H2,1-3H3/b7-5+,8-6-. The minimum absolute atomic E-state index is 0.935. The van der Waals surface area contributed by atoms with Crippen molar-refractivity contribution >= 4 is 12.6 Å². The summed E-state index contributed by atoms with van der Waals surface area (Å²) in [4.78, 5) is 1.84. The Hall–Kier alpha value is -0.860. The second-order valence-corrected chi connectivity index (χ2v) is 1.90. The van der Waals surface area contributed by atoms with Crippen LogP contribution in [0.2, 0.25) is 0 Å². The molecule has 0 heterocycles. The average Bonchev–Trinajstić information content (AvgIpc) is 1.80. The lowest BCUT2D eigenvalue weighted by atomic mass is 10.6. The van der Waals surface area contributed by atoms with E-state index in [0.717, 1.165) is 6.42 Å². The zero-order valence-corrected chi connectivity index (χ0v) is 6.20. The highest BCUT2D eigenvalue weighted by molar-refractivity contribution is 5.59. The molecule has 0 atom stereocenters. The minimum Gasteiger partial charge on any atom is -0.367 e. The maximum absolute atomic E-state index is 3.73. The fourth-order valence-corrected chi connectivity index (χ4v) is 0.262. The Morgan fingerprint density at radius 1 is 1.33 bits per heavy atom. The van der Waals surface area contributed by atoms with Crippen LogP contribution < -0.4 is 0 Å². The SMILES string of the molecule is CC/C=N/N=C\N(C)C. The lowest BCUT2D eigenvalue weighted by Crippen LogP contribution is -2.06. The van der Waals surface area contributed by atoms with Crippen LogP contribution in [0.15, 0.2) is 10.2 Å². The molecule has 0 aliphatic rings. The van der Waals surface area contributed by atoms with E-state index in [1.54, 1.807) is 12.6 Å². The molecular weight excluding hydrogens is 114 g/mol. The van der Waals surface area contributed by atoms with E-state index in [9.17, 15) is 0 Å². The molecule has 0 radical (unpaired) electrons. The summed E-state index contributed by atoms with van der Waals surface area (Å²) in [6, 6.07) is 0. The summed E-state index contributed by atoms with van der Waals surface area (Å²) in [6.07, 6.45) is 4.36. The fraction of sp³-hybridized carbons (Fsp3) is 0.667. The highest BCUT2D eigenvalue weighted by Gasteiger charge is 1.71. The first kappa shape index (κ1) is 8.14. The molecule has 9 heavy (non-hydrogen) atoms. The van der Waals surface area contributed by atoms with Crippen molar-refractivity contribution < 1.29 is 0 Å². The first-order valence-corrected chi connectivity index (χ1v) is 2.98. The molecule has 0 N–H and O–H groups in total. The van der Waals surface area contributed by atoms with Crippen LogP contribution in [-0.2, 0) is 0 Å². The molecule has 0 saturated heterocycles. The number of hydrogen-bond donors (Lipinski definition) is 0. The van der Waals surface area contributed by atoms with Gasteiger partial charge in [-0.05, 0) is 6.42 Å². The molecule has 0 aliphatic carbocycles. The van der Waals surface area contributed by atoms with Gasteiger partial charge in [-0.15, -0.1) is 5.10 Å². The van der Waals surface area contributed by atoms with E-state index in [1.165, 1.54) is 0 Å². The molecule has 0 unspecified atom stereocenters. The summed E-state index contributed by atoms with van der Waals surface area (Å²) < 4.78 is 0. The quantitative estimate of drug-likeness (QED) is 0.315. The second kappa shape index (κ2) is 5.28. The Labute approximate surface area is 56.1 Å². The van der Waals surface area contributed by atoms with Gasteiger partial charge in [-0.2, -0.15) is 5.10 Å². The number of rotatable bonds is 3. The molecule has 0 saturated carbocycles. The van der Waals surface area contributed by atoms with Crippen molar-refractivity contribution in [1.82, 2.24) is 4.90 Å². The van der Waals surface area contributed by atoms with Gasteiger partial charge >= 0.3 is 0 Å². The maximum atomic E-state index is 3.73. The molecule has 0 amide bonds. The van der Waals surface area contributed by atoms with Gasteiger partial charge in [-0.1, -0.05) is 6.92 Å². The van der Waals surface area contributed by atoms with Gasteiger partial charge in [0.15, 0.2) is 0 Å². The summed E-state index contributed by atoms with van der Waals surface area (Å²) in [6.45, 7) is 2.02. The van der Waals surface area contributed by atoms with Gasteiger partial charge in [0.05, 0.1) is 0 Å².